The average Bonchev–Trinajstić information content (AvgIpc) is 3.37. The number of rotatable bonds is 4. The summed E-state index contributed by atoms with van der Waals surface area (Å²) in [4.78, 5) is 0. The molecule has 0 aliphatic rings. The molecule has 30 heavy (non-hydrogen) atoms. The van der Waals surface area contributed by atoms with E-state index < -0.39 is 0 Å². The summed E-state index contributed by atoms with van der Waals surface area (Å²) in [5.74, 6) is 0.197. The highest BCUT2D eigenvalue weighted by molar-refractivity contribution is 9.10. The maximum Gasteiger partial charge on any atom is 0.145 e. The largest absolute Gasteiger partial charge is 0.382 e. The molecule has 0 fully saturated rings. The molecule has 0 atom stereocenters. The number of para-hydroxylation sites is 1. The first-order valence-corrected chi connectivity index (χ1v) is 9.81. The number of hydrogen-bond donors (Lipinski definition) is 1. The molecule has 0 aliphatic heterocycles. The molecule has 2 aromatic heterocycles. The highest BCUT2D eigenvalue weighted by atomic mass is 79.9. The van der Waals surface area contributed by atoms with Gasteiger partial charge in [0.05, 0.1) is 11.3 Å². The number of benzene rings is 2. The first-order chi connectivity index (χ1) is 14.6. The lowest BCUT2D eigenvalue weighted by atomic mass is 10.1. The second-order valence-corrected chi connectivity index (χ2v) is 7.33. The molecule has 4 aromatic rings. The number of nitriles is 2. The van der Waals surface area contributed by atoms with E-state index in [1.54, 1.807) is 6.08 Å². The summed E-state index contributed by atoms with van der Waals surface area (Å²) >= 11 is 3.44. The molecule has 0 amide bonds. The van der Waals surface area contributed by atoms with Gasteiger partial charge < -0.3 is 10.3 Å². The lowest BCUT2D eigenvalue weighted by molar-refractivity contribution is 0.885. The van der Waals surface area contributed by atoms with Gasteiger partial charge in [-0.1, -0.05) is 34.1 Å². The standard InChI is InChI=1S/C23H15BrN6/c24-17-8-10-18(11-9-17)29-12-4-7-20(29)13-16(14-25)22-21(15-26)23(27)30(28-22)19-5-2-1-3-6-19/h1-13H,27H2/b16-13-. The number of nitrogens with two attached hydrogens (primary N) is 1. The number of anilines is 1. The zero-order chi connectivity index (χ0) is 21.1. The number of halogens is 1. The van der Waals surface area contributed by atoms with Gasteiger partial charge in [0.1, 0.15) is 29.2 Å². The van der Waals surface area contributed by atoms with Gasteiger partial charge in [0.2, 0.25) is 0 Å². The van der Waals surface area contributed by atoms with E-state index in [-0.39, 0.29) is 22.6 Å². The van der Waals surface area contributed by atoms with Gasteiger partial charge in [-0.25, -0.2) is 4.68 Å². The minimum atomic E-state index is 0.174. The molecule has 7 heteroatoms. The topological polar surface area (TPSA) is 96.3 Å². The normalized spacial score (nSPS) is 11.1. The van der Waals surface area contributed by atoms with Crippen molar-refractivity contribution in [3.63, 3.8) is 0 Å². The lowest BCUT2D eigenvalue weighted by Gasteiger charge is -2.07. The Morgan fingerprint density at radius 1 is 0.967 bits per heavy atom. The average molecular weight is 455 g/mol. The first kappa shape index (κ1) is 19.3. The number of aromatic nitrogens is 3. The number of nitrogen functional groups attached to an aromatic ring is 1. The first-order valence-electron chi connectivity index (χ1n) is 9.02. The predicted octanol–water partition coefficient (Wildman–Crippen LogP) is 4.94. The monoisotopic (exact) mass is 454 g/mol. The maximum atomic E-state index is 9.83. The third-order valence-corrected chi connectivity index (χ3v) is 5.12. The van der Waals surface area contributed by atoms with Gasteiger partial charge in [0.25, 0.3) is 0 Å². The summed E-state index contributed by atoms with van der Waals surface area (Å²) < 4.78 is 4.41. The Hall–Kier alpha value is -4.07. The summed E-state index contributed by atoms with van der Waals surface area (Å²) in [5.41, 5.74) is 9.31. The number of nitrogens with zero attached hydrogens (tertiary/aromatic N) is 5. The van der Waals surface area contributed by atoms with Crippen LogP contribution in [0.2, 0.25) is 0 Å². The van der Waals surface area contributed by atoms with Crippen LogP contribution in [0.3, 0.4) is 0 Å². The van der Waals surface area contributed by atoms with Crippen LogP contribution in [0.4, 0.5) is 5.82 Å². The second kappa shape index (κ2) is 8.12. The van der Waals surface area contributed by atoms with Gasteiger partial charge in [-0.05, 0) is 54.6 Å². The van der Waals surface area contributed by atoms with Gasteiger partial charge in [0.15, 0.2) is 0 Å². The van der Waals surface area contributed by atoms with E-state index in [2.05, 4.69) is 33.2 Å². The molecule has 0 saturated carbocycles. The van der Waals surface area contributed by atoms with E-state index in [4.69, 9.17) is 5.73 Å². The van der Waals surface area contributed by atoms with Gasteiger partial charge in [-0.15, -0.1) is 0 Å². The van der Waals surface area contributed by atoms with Gasteiger partial charge in [-0.3, -0.25) is 0 Å². The summed E-state index contributed by atoms with van der Waals surface area (Å²) in [5, 5.41) is 24.0. The molecular weight excluding hydrogens is 440 g/mol. The van der Waals surface area contributed by atoms with Crippen LogP contribution < -0.4 is 5.73 Å². The highest BCUT2D eigenvalue weighted by Crippen LogP contribution is 2.27. The Bertz CT molecular complexity index is 1320. The molecule has 2 N–H and O–H groups in total. The van der Waals surface area contributed by atoms with Crippen molar-refractivity contribution in [3.05, 3.63) is 94.4 Å². The van der Waals surface area contributed by atoms with Crippen molar-refractivity contribution in [3.8, 4) is 23.5 Å². The predicted molar refractivity (Wildman–Crippen MR) is 120 cm³/mol. The van der Waals surface area contributed by atoms with Crippen LogP contribution in [0.5, 0.6) is 0 Å². The summed E-state index contributed by atoms with van der Waals surface area (Å²) in [6.07, 6.45) is 3.62. The zero-order valence-electron chi connectivity index (χ0n) is 15.7. The van der Waals surface area contributed by atoms with Gasteiger partial charge >= 0.3 is 0 Å². The highest BCUT2D eigenvalue weighted by Gasteiger charge is 2.20. The summed E-state index contributed by atoms with van der Waals surface area (Å²) in [6.45, 7) is 0. The molecule has 144 valence electrons. The van der Waals surface area contributed by atoms with E-state index in [1.165, 1.54) is 4.68 Å². The van der Waals surface area contributed by atoms with E-state index in [1.807, 2.05) is 77.5 Å². The molecule has 2 heterocycles. The third-order valence-electron chi connectivity index (χ3n) is 4.59. The molecule has 0 spiro atoms. The molecule has 6 nitrogen and oxygen atoms in total. The van der Waals surface area contributed by atoms with Crippen molar-refractivity contribution in [1.82, 2.24) is 14.3 Å². The second-order valence-electron chi connectivity index (χ2n) is 6.42. The van der Waals surface area contributed by atoms with Gasteiger partial charge in [0, 0.05) is 22.1 Å². The minimum Gasteiger partial charge on any atom is -0.382 e. The smallest absolute Gasteiger partial charge is 0.145 e. The van der Waals surface area contributed by atoms with Crippen LogP contribution in [0.25, 0.3) is 23.0 Å². The van der Waals surface area contributed by atoms with E-state index >= 15 is 0 Å². The quantitative estimate of drug-likeness (QED) is 0.441. The molecule has 4 rings (SSSR count). The third kappa shape index (κ3) is 3.50. The van der Waals surface area contributed by atoms with Crippen molar-refractivity contribution in [2.24, 2.45) is 0 Å². The Morgan fingerprint density at radius 2 is 1.70 bits per heavy atom. The molecule has 2 aromatic carbocycles. The van der Waals surface area contributed by atoms with Crippen molar-refractivity contribution in [1.29, 1.82) is 10.5 Å². The fourth-order valence-electron chi connectivity index (χ4n) is 3.15. The van der Waals surface area contributed by atoms with Crippen molar-refractivity contribution < 1.29 is 0 Å². The van der Waals surface area contributed by atoms with E-state index in [0.717, 1.165) is 15.9 Å². The van der Waals surface area contributed by atoms with Crippen LogP contribution in [0.1, 0.15) is 17.0 Å². The fraction of sp³-hybridized carbons (Fsp3) is 0. The Kier molecular flexibility index (Phi) is 5.21. The van der Waals surface area contributed by atoms with Crippen LogP contribution in [0.15, 0.2) is 77.4 Å². The van der Waals surface area contributed by atoms with Crippen molar-refractivity contribution in [2.45, 2.75) is 0 Å². The number of hydrogen-bond acceptors (Lipinski definition) is 4. The number of allylic oxidation sites excluding steroid dienone is 1. The summed E-state index contributed by atoms with van der Waals surface area (Å²) in [6, 6.07) is 25.1. The van der Waals surface area contributed by atoms with Crippen molar-refractivity contribution in [2.75, 3.05) is 5.73 Å². The SMILES string of the molecule is N#C/C(=C/c1cccn1-c1ccc(Br)cc1)c1nn(-c2ccccc2)c(N)c1C#N. The molecule has 0 radical (unpaired) electrons. The minimum absolute atomic E-state index is 0.174. The summed E-state index contributed by atoms with van der Waals surface area (Å²) in [7, 11) is 0. The van der Waals surface area contributed by atoms with Gasteiger partial charge in [-0.2, -0.15) is 15.6 Å². The van der Waals surface area contributed by atoms with Crippen LogP contribution in [0, 0.1) is 22.7 Å². The molecular formula is C23H15BrN6. The van der Waals surface area contributed by atoms with Crippen molar-refractivity contribution >= 4 is 33.4 Å². The van der Waals surface area contributed by atoms with E-state index in [9.17, 15) is 10.5 Å². The van der Waals surface area contributed by atoms with E-state index in [0.29, 0.717) is 5.69 Å². The fourth-order valence-corrected chi connectivity index (χ4v) is 3.41. The van der Waals surface area contributed by atoms with Crippen LogP contribution in [-0.4, -0.2) is 14.3 Å². The lowest BCUT2D eigenvalue weighted by Crippen LogP contribution is -2.02. The van der Waals surface area contributed by atoms with Crippen LogP contribution in [-0.2, 0) is 0 Å². The Balaban J connectivity index is 1.83. The molecule has 0 unspecified atom stereocenters. The Morgan fingerprint density at radius 3 is 2.37 bits per heavy atom. The molecule has 0 bridgehead atoms. The molecule has 0 saturated heterocycles. The molecule has 0 aliphatic carbocycles. The maximum absolute atomic E-state index is 9.83. The Labute approximate surface area is 181 Å². The zero-order valence-corrected chi connectivity index (χ0v) is 17.3. The van der Waals surface area contributed by atoms with Crippen LogP contribution >= 0.6 is 15.9 Å².